The summed E-state index contributed by atoms with van der Waals surface area (Å²) in [6.07, 6.45) is 8.84. The second kappa shape index (κ2) is 29.0. The van der Waals surface area contributed by atoms with Crippen molar-refractivity contribution in [3.05, 3.63) is 83.5 Å². The average molecular weight is 1060 g/mol. The van der Waals surface area contributed by atoms with Gasteiger partial charge in [-0.25, -0.2) is 9.59 Å². The molecule has 76 heavy (non-hydrogen) atoms. The number of nitrogens with zero attached hydrogens (tertiary/aromatic N) is 1. The number of ketones is 3. The number of alkyl carbamates (subject to hydrolysis) is 1. The number of nitrogens with one attached hydrogen (secondary N) is 1. The van der Waals surface area contributed by atoms with Crippen LogP contribution < -0.4 is 5.32 Å². The van der Waals surface area contributed by atoms with E-state index in [-0.39, 0.29) is 42.8 Å². The molecule has 15 atom stereocenters. The molecule has 5 rings (SSSR count). The average Bonchev–Trinajstić information content (AvgIpc) is 3.40. The van der Waals surface area contributed by atoms with E-state index >= 15 is 0 Å². The summed E-state index contributed by atoms with van der Waals surface area (Å²) in [7, 11) is 4.44. The maximum Gasteiger partial charge on any atom is 0.414 e. The number of imide groups is 1. The number of esters is 1. The lowest BCUT2D eigenvalue weighted by Gasteiger charge is -2.42. The third kappa shape index (κ3) is 16.4. The van der Waals surface area contributed by atoms with Crippen molar-refractivity contribution in [2.24, 2.45) is 35.5 Å². The molecule has 2 bridgehead atoms. The summed E-state index contributed by atoms with van der Waals surface area (Å²) in [6.45, 7) is 12.6. The first-order chi connectivity index (χ1) is 36.1. The highest BCUT2D eigenvalue weighted by Crippen LogP contribution is 2.38. The van der Waals surface area contributed by atoms with Gasteiger partial charge in [-0.05, 0) is 119 Å². The number of aliphatic hydroxyl groups excluding tert-OH is 1. The summed E-state index contributed by atoms with van der Waals surface area (Å²) in [5, 5.41) is 25.8. The highest BCUT2D eigenvalue weighted by molar-refractivity contribution is 6.39. The van der Waals surface area contributed by atoms with Gasteiger partial charge in [-0.2, -0.15) is 0 Å². The van der Waals surface area contributed by atoms with Crippen molar-refractivity contribution < 1.29 is 72.2 Å². The van der Waals surface area contributed by atoms with E-state index < -0.39 is 108 Å². The molecule has 2 saturated heterocycles. The van der Waals surface area contributed by atoms with Gasteiger partial charge in [0.2, 0.25) is 5.79 Å². The monoisotopic (exact) mass is 1060 g/mol. The first kappa shape index (κ1) is 61.7. The molecule has 3 heterocycles. The summed E-state index contributed by atoms with van der Waals surface area (Å²) < 4.78 is 35.4. The summed E-state index contributed by atoms with van der Waals surface area (Å²) in [6, 6.07) is 7.08. The third-order valence-corrected chi connectivity index (χ3v) is 16.0. The summed E-state index contributed by atoms with van der Waals surface area (Å²) in [5.74, 6) is -9.23. The molecule has 420 valence electrons. The van der Waals surface area contributed by atoms with Crippen LogP contribution in [-0.2, 0) is 52.4 Å². The molecule has 0 radical (unpaired) electrons. The van der Waals surface area contributed by atoms with Crippen molar-refractivity contribution in [2.75, 3.05) is 27.9 Å². The fourth-order valence-corrected chi connectivity index (χ4v) is 11.2. The number of methoxy groups -OCH3 is 3. The first-order valence-electron chi connectivity index (χ1n) is 27.2. The van der Waals surface area contributed by atoms with E-state index in [1.54, 1.807) is 71.2 Å². The molecule has 3 amide bonds. The van der Waals surface area contributed by atoms with Crippen LogP contribution in [0.5, 0.6) is 0 Å². The van der Waals surface area contributed by atoms with Gasteiger partial charge in [0.1, 0.15) is 36.2 Å². The highest BCUT2D eigenvalue weighted by Gasteiger charge is 2.53. The van der Waals surface area contributed by atoms with Gasteiger partial charge >= 0.3 is 12.1 Å². The number of amides is 3. The molecule has 0 aromatic heterocycles. The molecule has 1 aromatic rings. The largest absolute Gasteiger partial charge is 0.460 e. The lowest BCUT2D eigenvalue weighted by molar-refractivity contribution is -0.265. The van der Waals surface area contributed by atoms with Crippen LogP contribution in [0, 0.1) is 35.5 Å². The molecule has 17 nitrogen and oxygen atoms in total. The maximum atomic E-state index is 14.6. The van der Waals surface area contributed by atoms with E-state index in [1.165, 1.54) is 14.2 Å². The van der Waals surface area contributed by atoms with Gasteiger partial charge in [0.15, 0.2) is 5.78 Å². The number of hydrogen-bond acceptors (Lipinski definition) is 15. The fraction of sp³-hybridized carbons (Fsp3) is 0.644. The minimum Gasteiger partial charge on any atom is -0.460 e. The molecule has 1 saturated carbocycles. The Morgan fingerprint density at radius 1 is 0.842 bits per heavy atom. The number of carbonyl (C=O) groups excluding carboxylic acids is 7. The van der Waals surface area contributed by atoms with Crippen LogP contribution in [0.25, 0.3) is 0 Å². The molecule has 3 fully saturated rings. The predicted octanol–water partition coefficient (Wildman–Crippen LogP) is 7.75. The number of piperidine rings is 1. The number of Topliss-reactive ketones (excluding diaryl/α,β-unsaturated/α-hetero) is 3. The van der Waals surface area contributed by atoms with Gasteiger partial charge in [0.25, 0.3) is 17.6 Å². The SMILES string of the molecule is CO[C@H]1C[C@@H]2CC[C@@H](C)[C@@](O)(O2)C(=O)C(=O)N2CCCC[C@H]2C(=O)OC([C@H](C)C[C@@H]2CC[C@@H](OC(=O)NC(=O)c3ccccc3)[C@H](OC)C2)CC(=O)[C@H](C)/C=C(\C)[C@@H](O)[C@@H](OC)C(=O)[C@H](C)C[C@H](C)\C=C/C=C/C=C/1C. The number of cyclic esters (lactones) is 1. The van der Waals surface area contributed by atoms with Crippen LogP contribution in [-0.4, -0.2) is 139 Å². The Balaban J connectivity index is 1.42. The number of benzene rings is 1. The number of aliphatic hydroxyl groups is 2. The number of carbonyl (C=O) groups is 7. The number of rotatable bonds is 8. The maximum absolute atomic E-state index is 14.6. The van der Waals surface area contributed by atoms with E-state index in [0.717, 1.165) is 10.5 Å². The van der Waals surface area contributed by atoms with Gasteiger partial charge in [0, 0.05) is 64.0 Å². The summed E-state index contributed by atoms with van der Waals surface area (Å²) >= 11 is 0. The Morgan fingerprint density at radius 2 is 1.57 bits per heavy atom. The van der Waals surface area contributed by atoms with Crippen LogP contribution in [0.15, 0.2) is 77.9 Å². The molecule has 1 aliphatic carbocycles. The van der Waals surface area contributed by atoms with Gasteiger partial charge in [-0.1, -0.05) is 89.3 Å². The fourth-order valence-electron chi connectivity index (χ4n) is 11.2. The molecular formula is C59H84N2O15. The van der Waals surface area contributed by atoms with E-state index in [1.807, 2.05) is 51.2 Å². The van der Waals surface area contributed by atoms with Crippen LogP contribution in [0.1, 0.15) is 136 Å². The quantitative estimate of drug-likeness (QED) is 0.128. The second-order valence-corrected chi connectivity index (χ2v) is 21.8. The van der Waals surface area contributed by atoms with Crippen molar-refractivity contribution >= 4 is 41.2 Å². The minimum absolute atomic E-state index is 0.00756. The second-order valence-electron chi connectivity index (χ2n) is 21.8. The van der Waals surface area contributed by atoms with Crippen molar-refractivity contribution in [1.29, 1.82) is 0 Å². The molecule has 1 aromatic carbocycles. The lowest BCUT2D eigenvalue weighted by Crippen LogP contribution is -2.61. The zero-order valence-electron chi connectivity index (χ0n) is 46.3. The predicted molar refractivity (Wildman–Crippen MR) is 283 cm³/mol. The minimum atomic E-state index is -2.47. The van der Waals surface area contributed by atoms with Crippen LogP contribution in [0.2, 0.25) is 0 Å². The van der Waals surface area contributed by atoms with Gasteiger partial charge in [0.05, 0.1) is 18.3 Å². The Bertz CT molecular complexity index is 2290. The number of ether oxygens (including phenoxy) is 6. The van der Waals surface area contributed by atoms with E-state index in [0.29, 0.717) is 75.3 Å². The smallest absolute Gasteiger partial charge is 0.414 e. The Kier molecular flexibility index (Phi) is 23.5. The number of allylic oxidation sites excluding steroid dienone is 6. The zero-order valence-corrected chi connectivity index (χ0v) is 46.3. The Hall–Kier alpha value is -5.17. The molecule has 1 unspecified atom stereocenters. The Morgan fingerprint density at radius 3 is 2.25 bits per heavy atom. The van der Waals surface area contributed by atoms with Crippen LogP contribution in [0.4, 0.5) is 4.79 Å². The van der Waals surface area contributed by atoms with Gasteiger partial charge < -0.3 is 43.5 Å². The van der Waals surface area contributed by atoms with Crippen LogP contribution >= 0.6 is 0 Å². The van der Waals surface area contributed by atoms with E-state index in [2.05, 4.69) is 5.32 Å². The third-order valence-electron chi connectivity index (χ3n) is 16.0. The van der Waals surface area contributed by atoms with E-state index in [9.17, 15) is 43.8 Å². The number of fused-ring (bicyclic) bond motifs is 3. The van der Waals surface area contributed by atoms with Crippen LogP contribution in [0.3, 0.4) is 0 Å². The van der Waals surface area contributed by atoms with E-state index in [4.69, 9.17) is 28.4 Å². The lowest BCUT2D eigenvalue weighted by atomic mass is 9.78. The molecule has 4 aliphatic rings. The standard InChI is InChI=1S/C59H84N2O15/c1-35-19-13-11-14-20-36(2)48(71-8)33-44-26-24-41(7)59(70,76-44)54(65)56(67)61-28-18-17-23-45(61)57(68)74-49(34-46(62)37(3)30-40(6)52(64)53(73-10)51(63)39(5)29-35)38(4)31-42-25-27-47(50(32-42)72-9)75-58(69)60-55(66)43-21-15-12-16-22-43/h11-16,19-22,30,35,37-39,41-42,44-45,47-50,52-53,64,70H,17-18,23-29,31-34H2,1-10H3,(H,60,66,69)/b14-11+,19-13-,36-20+,40-30+/t35-,37-,38-,39-,41-,42+,44+,45+,47-,48+,49?,50-,52-,53+,59-/m1/s1. The molecular weight excluding hydrogens is 977 g/mol. The summed E-state index contributed by atoms with van der Waals surface area (Å²) in [4.78, 5) is 98.1. The first-order valence-corrected chi connectivity index (χ1v) is 27.2. The van der Waals surface area contributed by atoms with Crippen molar-refractivity contribution in [3.8, 4) is 0 Å². The Labute approximate surface area is 449 Å². The van der Waals surface area contributed by atoms with Crippen molar-refractivity contribution in [1.82, 2.24) is 10.2 Å². The van der Waals surface area contributed by atoms with Gasteiger partial charge in [-0.15, -0.1) is 0 Å². The molecule has 3 aliphatic heterocycles. The topological polar surface area (TPSA) is 231 Å². The molecule has 17 heteroatoms. The molecule has 0 spiro atoms. The zero-order chi connectivity index (χ0) is 55.9. The normalized spacial score (nSPS) is 36.0. The van der Waals surface area contributed by atoms with Crippen molar-refractivity contribution in [3.63, 3.8) is 0 Å². The number of hydrogen-bond donors (Lipinski definition) is 3. The van der Waals surface area contributed by atoms with Crippen molar-refractivity contribution in [2.45, 2.75) is 180 Å². The highest BCUT2D eigenvalue weighted by atomic mass is 16.6. The molecule has 3 N–H and O–H groups in total. The summed E-state index contributed by atoms with van der Waals surface area (Å²) in [5.41, 5.74) is 1.51. The van der Waals surface area contributed by atoms with Gasteiger partial charge in [-0.3, -0.25) is 29.3 Å².